The van der Waals surface area contributed by atoms with Crippen molar-refractivity contribution < 1.29 is 0 Å². The van der Waals surface area contributed by atoms with Crippen molar-refractivity contribution in [2.45, 2.75) is 13.8 Å². The van der Waals surface area contributed by atoms with Crippen LogP contribution in [0.25, 0.3) is 5.57 Å². The van der Waals surface area contributed by atoms with Crippen molar-refractivity contribution in [1.82, 2.24) is 10.2 Å². The second-order valence-electron chi connectivity index (χ2n) is 2.60. The maximum absolute atomic E-state index is 4.10. The number of anilines is 1. The van der Waals surface area contributed by atoms with Crippen molar-refractivity contribution in [3.63, 3.8) is 0 Å². The zero-order valence-corrected chi connectivity index (χ0v) is 7.15. The first-order valence-corrected chi connectivity index (χ1v) is 3.55. The molecule has 1 heterocycles. The van der Waals surface area contributed by atoms with Crippen LogP contribution in [0.3, 0.4) is 0 Å². The van der Waals surface area contributed by atoms with E-state index in [1.165, 1.54) is 0 Å². The normalized spacial score (nSPS) is 9.73. The molecule has 0 atom stereocenters. The van der Waals surface area contributed by atoms with E-state index in [1.54, 1.807) is 0 Å². The highest BCUT2D eigenvalue weighted by Crippen LogP contribution is 2.21. The van der Waals surface area contributed by atoms with Crippen molar-refractivity contribution in [2.24, 2.45) is 0 Å². The van der Waals surface area contributed by atoms with Crippen LogP contribution in [0.1, 0.15) is 18.3 Å². The van der Waals surface area contributed by atoms with Gasteiger partial charge in [0, 0.05) is 7.05 Å². The lowest BCUT2D eigenvalue weighted by Gasteiger charge is -2.00. The Kier molecular flexibility index (Phi) is 1.98. The molecule has 0 spiro atoms. The summed E-state index contributed by atoms with van der Waals surface area (Å²) in [5.74, 6) is 0. The van der Waals surface area contributed by atoms with Gasteiger partial charge >= 0.3 is 0 Å². The lowest BCUT2D eigenvalue weighted by atomic mass is 10.2. The maximum Gasteiger partial charge on any atom is 0.111 e. The largest absolute Gasteiger partial charge is 0.385 e. The number of allylic oxidation sites excluding steroid dienone is 1. The molecule has 3 heteroatoms. The standard InChI is InChI=1S/C8H13N3/c1-5(2)7-8(9-4)6(3)10-11-7/h9H,1H2,2-4H3,(H,10,11). The minimum atomic E-state index is 0.921. The Morgan fingerprint density at radius 3 is 2.64 bits per heavy atom. The SMILES string of the molecule is C=C(C)c1n[nH]c(C)c1NC. The summed E-state index contributed by atoms with van der Waals surface area (Å²) in [7, 11) is 1.88. The molecule has 60 valence electrons. The molecule has 0 unspecified atom stereocenters. The Morgan fingerprint density at radius 2 is 2.27 bits per heavy atom. The summed E-state index contributed by atoms with van der Waals surface area (Å²) in [4.78, 5) is 0. The van der Waals surface area contributed by atoms with Crippen LogP contribution in [0.5, 0.6) is 0 Å². The van der Waals surface area contributed by atoms with E-state index in [-0.39, 0.29) is 0 Å². The third kappa shape index (κ3) is 1.27. The quantitative estimate of drug-likeness (QED) is 0.676. The minimum Gasteiger partial charge on any atom is -0.385 e. The topological polar surface area (TPSA) is 40.7 Å². The summed E-state index contributed by atoms with van der Waals surface area (Å²) in [6.07, 6.45) is 0. The monoisotopic (exact) mass is 151 g/mol. The third-order valence-electron chi connectivity index (χ3n) is 1.60. The molecule has 0 aliphatic rings. The van der Waals surface area contributed by atoms with E-state index in [4.69, 9.17) is 0 Å². The van der Waals surface area contributed by atoms with Gasteiger partial charge in [0.05, 0.1) is 11.4 Å². The van der Waals surface area contributed by atoms with Gasteiger partial charge in [-0.2, -0.15) is 5.10 Å². The molecule has 1 aromatic heterocycles. The van der Waals surface area contributed by atoms with E-state index >= 15 is 0 Å². The van der Waals surface area contributed by atoms with Gasteiger partial charge in [-0.15, -0.1) is 0 Å². The molecule has 0 saturated carbocycles. The summed E-state index contributed by atoms with van der Waals surface area (Å²) in [6.45, 7) is 7.74. The van der Waals surface area contributed by atoms with Crippen LogP contribution in [0.4, 0.5) is 5.69 Å². The predicted octanol–water partition coefficient (Wildman–Crippen LogP) is 1.79. The number of aromatic amines is 1. The Morgan fingerprint density at radius 1 is 1.64 bits per heavy atom. The lowest BCUT2D eigenvalue weighted by molar-refractivity contribution is 1.03. The van der Waals surface area contributed by atoms with Gasteiger partial charge in [-0.25, -0.2) is 0 Å². The molecule has 2 N–H and O–H groups in total. The van der Waals surface area contributed by atoms with Gasteiger partial charge in [-0.05, 0) is 19.4 Å². The van der Waals surface area contributed by atoms with E-state index in [0.717, 1.165) is 22.6 Å². The van der Waals surface area contributed by atoms with E-state index in [0.29, 0.717) is 0 Å². The van der Waals surface area contributed by atoms with Gasteiger partial charge in [-0.3, -0.25) is 5.10 Å². The van der Waals surface area contributed by atoms with Gasteiger partial charge in [-0.1, -0.05) is 6.58 Å². The lowest BCUT2D eigenvalue weighted by Crippen LogP contribution is -1.91. The summed E-state index contributed by atoms with van der Waals surface area (Å²) in [5, 5.41) is 10.1. The predicted molar refractivity (Wildman–Crippen MR) is 47.6 cm³/mol. The Bertz CT molecular complexity index is 273. The zero-order valence-electron chi connectivity index (χ0n) is 7.15. The number of hydrogen-bond acceptors (Lipinski definition) is 2. The van der Waals surface area contributed by atoms with Crippen molar-refractivity contribution in [2.75, 3.05) is 12.4 Å². The van der Waals surface area contributed by atoms with Gasteiger partial charge < -0.3 is 5.32 Å². The molecule has 3 nitrogen and oxygen atoms in total. The molecular weight excluding hydrogens is 138 g/mol. The van der Waals surface area contributed by atoms with Crippen molar-refractivity contribution in [3.05, 3.63) is 18.0 Å². The van der Waals surface area contributed by atoms with Gasteiger partial charge in [0.15, 0.2) is 0 Å². The average molecular weight is 151 g/mol. The number of nitrogens with zero attached hydrogens (tertiary/aromatic N) is 1. The Hall–Kier alpha value is -1.25. The molecule has 0 aliphatic heterocycles. The number of nitrogens with one attached hydrogen (secondary N) is 2. The van der Waals surface area contributed by atoms with Crippen LogP contribution in [-0.4, -0.2) is 17.2 Å². The fourth-order valence-electron chi connectivity index (χ4n) is 1.04. The highest BCUT2D eigenvalue weighted by atomic mass is 15.1. The van der Waals surface area contributed by atoms with Crippen LogP contribution in [0, 0.1) is 6.92 Å². The summed E-state index contributed by atoms with van der Waals surface area (Å²) >= 11 is 0. The fourth-order valence-corrected chi connectivity index (χ4v) is 1.04. The number of rotatable bonds is 2. The molecule has 0 aliphatic carbocycles. The first kappa shape index (κ1) is 7.85. The van der Waals surface area contributed by atoms with Gasteiger partial charge in [0.2, 0.25) is 0 Å². The van der Waals surface area contributed by atoms with Crippen LogP contribution in [0.2, 0.25) is 0 Å². The number of H-pyrrole nitrogens is 1. The average Bonchev–Trinajstić information content (AvgIpc) is 2.30. The van der Waals surface area contributed by atoms with E-state index in [1.807, 2.05) is 20.9 Å². The summed E-state index contributed by atoms with van der Waals surface area (Å²) < 4.78 is 0. The fraction of sp³-hybridized carbons (Fsp3) is 0.375. The minimum absolute atomic E-state index is 0.921. The van der Waals surface area contributed by atoms with Crippen LogP contribution in [0.15, 0.2) is 6.58 Å². The highest BCUT2D eigenvalue weighted by Gasteiger charge is 2.07. The van der Waals surface area contributed by atoms with E-state index < -0.39 is 0 Å². The molecule has 0 fully saturated rings. The molecule has 0 bridgehead atoms. The number of aromatic nitrogens is 2. The molecule has 1 rings (SSSR count). The number of aryl methyl sites for hydroxylation is 1. The van der Waals surface area contributed by atoms with Crippen LogP contribution < -0.4 is 5.32 Å². The molecule has 0 saturated heterocycles. The summed E-state index contributed by atoms with van der Waals surface area (Å²) in [6, 6.07) is 0. The van der Waals surface area contributed by atoms with E-state index in [9.17, 15) is 0 Å². The van der Waals surface area contributed by atoms with E-state index in [2.05, 4.69) is 22.1 Å². The molecule has 0 aromatic carbocycles. The molecule has 0 amide bonds. The van der Waals surface area contributed by atoms with Crippen molar-refractivity contribution >= 4 is 11.3 Å². The molecule has 1 aromatic rings. The smallest absolute Gasteiger partial charge is 0.111 e. The van der Waals surface area contributed by atoms with Crippen LogP contribution in [-0.2, 0) is 0 Å². The maximum atomic E-state index is 4.10. The van der Waals surface area contributed by atoms with Crippen molar-refractivity contribution in [1.29, 1.82) is 0 Å². The first-order chi connectivity index (χ1) is 5.16. The van der Waals surface area contributed by atoms with Crippen molar-refractivity contribution in [3.8, 4) is 0 Å². The molecule has 0 radical (unpaired) electrons. The zero-order chi connectivity index (χ0) is 8.43. The Labute approximate surface area is 66.5 Å². The summed E-state index contributed by atoms with van der Waals surface area (Å²) in [5.41, 5.74) is 3.98. The molecule has 11 heavy (non-hydrogen) atoms. The Balaban J connectivity index is 3.15. The second-order valence-corrected chi connectivity index (χ2v) is 2.60. The third-order valence-corrected chi connectivity index (χ3v) is 1.60. The van der Waals surface area contributed by atoms with Gasteiger partial charge in [0.25, 0.3) is 0 Å². The second kappa shape index (κ2) is 2.78. The number of hydrogen-bond donors (Lipinski definition) is 2. The van der Waals surface area contributed by atoms with Crippen LogP contribution >= 0.6 is 0 Å². The first-order valence-electron chi connectivity index (χ1n) is 3.55. The highest BCUT2D eigenvalue weighted by molar-refractivity contribution is 5.72. The molecular formula is C8H13N3. The van der Waals surface area contributed by atoms with Gasteiger partial charge in [0.1, 0.15) is 5.69 Å².